The average molecular weight is 464 g/mol. The minimum Gasteiger partial charge on any atom is -0.476 e. The largest absolute Gasteiger partial charge is 0.476 e. The van der Waals surface area contributed by atoms with Crippen LogP contribution in [0.4, 0.5) is 0 Å². The Hall–Kier alpha value is -2.21. The monoisotopic (exact) mass is 463 g/mol. The molecule has 4 fully saturated rings. The van der Waals surface area contributed by atoms with Crippen LogP contribution in [-0.4, -0.2) is 43.7 Å². The van der Waals surface area contributed by atoms with Gasteiger partial charge in [0, 0.05) is 24.2 Å². The number of aromatic carboxylic acids is 1. The summed E-state index contributed by atoms with van der Waals surface area (Å²) in [5, 5.41) is 9.66. The molecule has 182 valence electrons. The lowest BCUT2D eigenvalue weighted by Crippen LogP contribution is -2.59. The van der Waals surface area contributed by atoms with E-state index in [9.17, 15) is 14.7 Å². The number of carboxylic acid groups (broad SMARTS) is 1. The molecule has 1 N–H and O–H groups in total. The first-order valence-electron chi connectivity index (χ1n) is 13.4. The minimum atomic E-state index is -1.24. The van der Waals surface area contributed by atoms with E-state index in [1.54, 1.807) is 4.57 Å². The van der Waals surface area contributed by atoms with Gasteiger partial charge < -0.3 is 9.67 Å². The number of piperidine rings is 2. The van der Waals surface area contributed by atoms with Crippen molar-refractivity contribution < 1.29 is 9.90 Å². The molecule has 0 amide bonds. The van der Waals surface area contributed by atoms with E-state index < -0.39 is 11.5 Å². The first-order chi connectivity index (χ1) is 16.4. The number of rotatable bonds is 3. The van der Waals surface area contributed by atoms with Crippen LogP contribution >= 0.6 is 0 Å². The van der Waals surface area contributed by atoms with Gasteiger partial charge in [0.25, 0.3) is 5.56 Å². The molecule has 4 bridgehead atoms. The van der Waals surface area contributed by atoms with Crippen molar-refractivity contribution in [3.05, 3.63) is 40.3 Å². The molecule has 6 nitrogen and oxygen atoms in total. The Balaban J connectivity index is 1.33. The Morgan fingerprint density at radius 2 is 1.68 bits per heavy atom. The highest BCUT2D eigenvalue weighted by Gasteiger charge is 2.47. The molecular formula is C28H37N3O3. The van der Waals surface area contributed by atoms with Crippen LogP contribution in [0.5, 0.6) is 0 Å². The summed E-state index contributed by atoms with van der Waals surface area (Å²) in [5.41, 5.74) is 0.562. The van der Waals surface area contributed by atoms with E-state index in [4.69, 9.17) is 0 Å². The summed E-state index contributed by atoms with van der Waals surface area (Å²) < 4.78 is 1.79. The van der Waals surface area contributed by atoms with Crippen molar-refractivity contribution in [1.29, 1.82) is 0 Å². The first kappa shape index (κ1) is 22.3. The van der Waals surface area contributed by atoms with Gasteiger partial charge in [-0.1, -0.05) is 32.4 Å². The Morgan fingerprint density at radius 1 is 0.941 bits per heavy atom. The number of carbonyl (C=O) groups is 1. The molecule has 8 atom stereocenters. The number of carboxylic acids is 1. The zero-order chi connectivity index (χ0) is 23.6. The van der Waals surface area contributed by atoms with Gasteiger partial charge in [-0.2, -0.15) is 0 Å². The molecule has 34 heavy (non-hydrogen) atoms. The van der Waals surface area contributed by atoms with Crippen molar-refractivity contribution in [2.45, 2.75) is 95.8 Å². The molecule has 6 heteroatoms. The number of nitrogens with zero attached hydrogens (tertiary/aromatic N) is 3. The number of aromatic nitrogens is 2. The predicted molar refractivity (Wildman–Crippen MR) is 132 cm³/mol. The van der Waals surface area contributed by atoms with Crippen LogP contribution in [0, 0.1) is 23.7 Å². The minimum absolute atomic E-state index is 0.0343. The van der Waals surface area contributed by atoms with Gasteiger partial charge in [-0.3, -0.25) is 9.69 Å². The van der Waals surface area contributed by atoms with Crippen molar-refractivity contribution in [2.75, 3.05) is 0 Å². The average Bonchev–Trinajstić information content (AvgIpc) is 2.81. The van der Waals surface area contributed by atoms with E-state index >= 15 is 0 Å². The van der Waals surface area contributed by atoms with Gasteiger partial charge in [0.1, 0.15) is 0 Å². The van der Waals surface area contributed by atoms with Crippen LogP contribution in [0.3, 0.4) is 0 Å². The third kappa shape index (κ3) is 3.60. The molecule has 0 radical (unpaired) electrons. The van der Waals surface area contributed by atoms with Gasteiger partial charge in [-0.25, -0.2) is 9.78 Å². The molecule has 2 saturated carbocycles. The lowest BCUT2D eigenvalue weighted by atomic mass is 9.61. The predicted octanol–water partition coefficient (Wildman–Crippen LogP) is 5.11. The zero-order valence-corrected chi connectivity index (χ0v) is 20.4. The number of para-hydroxylation sites is 2. The van der Waals surface area contributed by atoms with E-state index in [0.29, 0.717) is 23.6 Å². The van der Waals surface area contributed by atoms with Crippen LogP contribution in [-0.2, 0) is 0 Å². The second kappa shape index (κ2) is 8.47. The maximum Gasteiger partial charge on any atom is 0.360 e. The van der Waals surface area contributed by atoms with Gasteiger partial charge in [0.2, 0.25) is 5.69 Å². The topological polar surface area (TPSA) is 75.4 Å². The lowest BCUT2D eigenvalue weighted by Gasteiger charge is -2.56. The van der Waals surface area contributed by atoms with Crippen LogP contribution in [0.25, 0.3) is 11.0 Å². The Labute approximate surface area is 201 Å². The summed E-state index contributed by atoms with van der Waals surface area (Å²) in [6.45, 7) is 4.93. The molecule has 2 aliphatic heterocycles. The van der Waals surface area contributed by atoms with Crippen molar-refractivity contribution in [3.63, 3.8) is 0 Å². The van der Waals surface area contributed by atoms with E-state index in [1.807, 2.05) is 24.3 Å². The molecular weight excluding hydrogens is 426 g/mol. The van der Waals surface area contributed by atoms with Crippen molar-refractivity contribution >= 4 is 17.0 Å². The molecule has 4 aliphatic rings. The van der Waals surface area contributed by atoms with Crippen molar-refractivity contribution in [2.24, 2.45) is 23.7 Å². The van der Waals surface area contributed by atoms with Crippen LogP contribution in [0.15, 0.2) is 29.1 Å². The molecule has 2 aliphatic carbocycles. The fourth-order valence-corrected chi connectivity index (χ4v) is 8.37. The summed E-state index contributed by atoms with van der Waals surface area (Å²) in [6, 6.07) is 9.19. The van der Waals surface area contributed by atoms with Gasteiger partial charge in [-0.15, -0.1) is 0 Å². The molecule has 0 spiro atoms. The molecule has 1 unspecified atom stereocenters. The third-order valence-corrected chi connectivity index (χ3v) is 9.95. The van der Waals surface area contributed by atoms with E-state index in [0.717, 1.165) is 42.0 Å². The quantitative estimate of drug-likeness (QED) is 0.684. The maximum atomic E-state index is 13.3. The number of hydrogen-bond donors (Lipinski definition) is 1. The SMILES string of the molecule is C[C@@H]1[C@@H]2C[C@@H](C[C@@H](N3[C@@H]4CCC[C@H]3CC(n3c(=O)c(C(=O)O)nc5ccccc53)C4)C2)C[C@@H]1C. The third-order valence-electron chi connectivity index (χ3n) is 9.95. The summed E-state index contributed by atoms with van der Waals surface area (Å²) in [5.74, 6) is 2.17. The molecule has 6 rings (SSSR count). The van der Waals surface area contributed by atoms with Gasteiger partial charge in [0.15, 0.2) is 0 Å². The summed E-state index contributed by atoms with van der Waals surface area (Å²) >= 11 is 0. The molecule has 1 aromatic heterocycles. The maximum absolute atomic E-state index is 13.3. The molecule has 3 heterocycles. The fourth-order valence-electron chi connectivity index (χ4n) is 8.37. The highest BCUT2D eigenvalue weighted by molar-refractivity contribution is 5.88. The summed E-state index contributed by atoms with van der Waals surface area (Å²) in [4.78, 5) is 32.2. The van der Waals surface area contributed by atoms with Crippen molar-refractivity contribution in [1.82, 2.24) is 14.5 Å². The highest BCUT2D eigenvalue weighted by atomic mass is 16.4. The number of hydrogen-bond acceptors (Lipinski definition) is 4. The Morgan fingerprint density at radius 3 is 2.41 bits per heavy atom. The summed E-state index contributed by atoms with van der Waals surface area (Å²) in [7, 11) is 0. The highest BCUT2D eigenvalue weighted by Crippen LogP contribution is 2.50. The van der Waals surface area contributed by atoms with Crippen molar-refractivity contribution in [3.8, 4) is 0 Å². The van der Waals surface area contributed by atoms with E-state index in [1.165, 1.54) is 44.9 Å². The summed E-state index contributed by atoms with van der Waals surface area (Å²) in [6.07, 6.45) is 11.0. The van der Waals surface area contributed by atoms with Gasteiger partial charge >= 0.3 is 5.97 Å². The number of fused-ring (bicyclic) bond motifs is 5. The standard InChI is InChI=1S/C28H37N3O3/c1-16-10-18-11-19(17(16)2)13-22(12-18)30-20-6-5-7-21(30)15-23(14-20)31-25-9-4-3-8-24(25)29-26(27(31)32)28(33)34/h3-4,8-9,16-23H,5-7,10-15H2,1-2H3,(H,33,34)/t16-,17-,18-,19+,20-,21+,22+,23?/m0/s1. The number of benzene rings is 1. The molecule has 2 aromatic rings. The van der Waals surface area contributed by atoms with Crippen LogP contribution in [0.1, 0.15) is 88.2 Å². The first-order valence-corrected chi connectivity index (χ1v) is 13.4. The van der Waals surface area contributed by atoms with Gasteiger partial charge in [-0.05, 0) is 87.2 Å². The Bertz CT molecular complexity index is 1140. The van der Waals surface area contributed by atoms with E-state index in [-0.39, 0.29) is 11.7 Å². The zero-order valence-electron chi connectivity index (χ0n) is 20.4. The van der Waals surface area contributed by atoms with Gasteiger partial charge in [0.05, 0.1) is 11.0 Å². The molecule has 2 saturated heterocycles. The molecule has 1 aromatic carbocycles. The lowest BCUT2D eigenvalue weighted by molar-refractivity contribution is -0.0620. The normalized spacial score (nSPS) is 38.1. The second-order valence-corrected chi connectivity index (χ2v) is 11.8. The second-order valence-electron chi connectivity index (χ2n) is 11.8. The smallest absolute Gasteiger partial charge is 0.360 e. The van der Waals surface area contributed by atoms with Crippen LogP contribution in [0.2, 0.25) is 0 Å². The fraction of sp³-hybridized carbons (Fsp3) is 0.679. The Kier molecular flexibility index (Phi) is 5.55. The van der Waals surface area contributed by atoms with E-state index in [2.05, 4.69) is 23.7 Å². The van der Waals surface area contributed by atoms with Crippen LogP contribution < -0.4 is 5.56 Å².